The highest BCUT2D eigenvalue weighted by Gasteiger charge is 2.33. The molecule has 4 N–H and O–H groups in total. The van der Waals surface area contributed by atoms with E-state index in [0.29, 0.717) is 22.3 Å². The van der Waals surface area contributed by atoms with E-state index < -0.39 is 42.6 Å². The Balaban J connectivity index is 1.13. The number of aromatic hydroxyl groups is 4. The quantitative estimate of drug-likeness (QED) is 0.0746. The largest absolute Gasteiger partial charge is 0.507 e. The summed E-state index contributed by atoms with van der Waals surface area (Å²) in [4.78, 5) is 5.60. The van der Waals surface area contributed by atoms with Crippen molar-refractivity contribution in [1.29, 1.82) is 10.8 Å². The van der Waals surface area contributed by atoms with Gasteiger partial charge in [0.15, 0.2) is 9.95 Å². The van der Waals surface area contributed by atoms with Crippen molar-refractivity contribution in [1.82, 2.24) is 0 Å². The van der Waals surface area contributed by atoms with Crippen LogP contribution in [0, 0.1) is 10.8 Å². The molecule has 302 valence electrons. The molecule has 0 atom stereocenters. The van der Waals surface area contributed by atoms with E-state index in [1.807, 2.05) is 27.7 Å². The van der Waals surface area contributed by atoms with Crippen molar-refractivity contribution in [3.8, 4) is 34.5 Å². The lowest BCUT2D eigenvalue weighted by atomic mass is 9.72. The minimum Gasteiger partial charge on any atom is -0.507 e. The SMILES string of the molecule is CC(C)(c1ccc(OS(=O)(=O)c2cccc3c(O)c([N+]#N)ccc23)cc1)c1cc(C(C)(C)c2ccc(OS(=O)(=O)c3cccc4c(O)c([N+]#N)ccc34)cc2)c(O)cc1O. The molecule has 0 amide bonds. The van der Waals surface area contributed by atoms with Crippen LogP contribution in [-0.2, 0) is 31.1 Å². The lowest BCUT2D eigenvalue weighted by molar-refractivity contribution is 0.424. The van der Waals surface area contributed by atoms with Gasteiger partial charge in [-0.25, -0.2) is 0 Å². The minimum absolute atomic E-state index is 0.000822. The predicted octanol–water partition coefficient (Wildman–Crippen LogP) is 9.97. The van der Waals surface area contributed by atoms with E-state index in [1.165, 1.54) is 91.0 Å². The van der Waals surface area contributed by atoms with Crippen LogP contribution in [-0.4, -0.2) is 37.3 Å². The van der Waals surface area contributed by atoms with Crippen LogP contribution in [0.25, 0.3) is 31.5 Å². The standard InChI is InChI=1S/C44H34N4O10S2/c1-43(2,25-11-15-27(16-12-25)57-59(53,54)39-9-5-7-31-29(39)19-21-35(47-45)41(31)51)33-23-34(38(50)24-37(33)49)44(3,4)26-13-17-28(18-14-26)58-60(55,56)40-10-6-8-32-30(40)20-22-36(48-46)42(32)52/h5-24H,1-4H3,(H2-2,49,50,51,52)/p+2. The third-order valence-electron chi connectivity index (χ3n) is 10.7. The monoisotopic (exact) mass is 844 g/mol. The Hall–Kier alpha value is -7.40. The van der Waals surface area contributed by atoms with Gasteiger partial charge in [-0.15, -0.1) is 0 Å². The average Bonchev–Trinajstić information content (AvgIpc) is 3.20. The van der Waals surface area contributed by atoms with Crippen molar-refractivity contribution >= 4 is 53.2 Å². The highest BCUT2D eigenvalue weighted by atomic mass is 32.2. The number of benzene rings is 7. The number of phenols is 4. The topological polar surface area (TPSA) is 224 Å². The molecule has 0 bridgehead atoms. The summed E-state index contributed by atoms with van der Waals surface area (Å²) in [6, 6.07) is 29.3. The van der Waals surface area contributed by atoms with Crippen LogP contribution in [0.3, 0.4) is 0 Å². The molecule has 14 nitrogen and oxygen atoms in total. The Labute approximate surface area is 344 Å². The summed E-state index contributed by atoms with van der Waals surface area (Å²) in [5, 5.41) is 62.1. The zero-order valence-electron chi connectivity index (χ0n) is 32.4. The Morgan fingerprint density at radius 1 is 0.483 bits per heavy atom. The highest BCUT2D eigenvalue weighted by Crippen LogP contribution is 2.46. The molecule has 0 spiro atoms. The normalized spacial score (nSPS) is 12.2. The fourth-order valence-electron chi connectivity index (χ4n) is 7.29. The average molecular weight is 845 g/mol. The van der Waals surface area contributed by atoms with Crippen molar-refractivity contribution < 1.29 is 45.6 Å². The van der Waals surface area contributed by atoms with E-state index >= 15 is 0 Å². The van der Waals surface area contributed by atoms with Crippen LogP contribution >= 0.6 is 0 Å². The second kappa shape index (κ2) is 14.8. The minimum atomic E-state index is -4.40. The number of hydrogen-bond acceptors (Lipinski definition) is 12. The molecular formula is C44H36N4O10S2+2. The number of hydrogen-bond donors (Lipinski definition) is 4. The van der Waals surface area contributed by atoms with E-state index in [0.717, 1.165) is 0 Å². The number of diazo groups is 2. The molecule has 16 heteroatoms. The third-order valence-corrected chi connectivity index (χ3v) is 13.3. The molecule has 0 radical (unpaired) electrons. The smallest absolute Gasteiger partial charge is 0.426 e. The third kappa shape index (κ3) is 7.08. The molecule has 0 aliphatic heterocycles. The lowest BCUT2D eigenvalue weighted by Crippen LogP contribution is -2.23. The zero-order valence-corrected chi connectivity index (χ0v) is 34.0. The van der Waals surface area contributed by atoms with Crippen LogP contribution in [0.2, 0.25) is 0 Å². The molecule has 0 aliphatic carbocycles. The van der Waals surface area contributed by atoms with Gasteiger partial charge < -0.3 is 28.8 Å². The highest BCUT2D eigenvalue weighted by molar-refractivity contribution is 7.87. The van der Waals surface area contributed by atoms with Crippen molar-refractivity contribution in [3.63, 3.8) is 0 Å². The van der Waals surface area contributed by atoms with Crippen molar-refractivity contribution in [2.24, 2.45) is 0 Å². The molecule has 0 unspecified atom stereocenters. The summed E-state index contributed by atoms with van der Waals surface area (Å²) >= 11 is 0. The Morgan fingerprint density at radius 2 is 0.850 bits per heavy atom. The molecule has 7 aromatic carbocycles. The fourth-order valence-corrected chi connectivity index (χ4v) is 9.58. The Bertz CT molecular complexity index is 2980. The van der Waals surface area contributed by atoms with Crippen LogP contribution in [0.1, 0.15) is 49.9 Å². The number of fused-ring (bicyclic) bond motifs is 2. The van der Waals surface area contributed by atoms with Gasteiger partial charge in [-0.1, -0.05) is 76.2 Å². The first-order chi connectivity index (χ1) is 28.3. The molecule has 0 aliphatic rings. The van der Waals surface area contributed by atoms with Gasteiger partial charge in [-0.2, -0.15) is 16.8 Å². The van der Waals surface area contributed by atoms with Crippen LogP contribution < -0.4 is 8.37 Å². The summed E-state index contributed by atoms with van der Waals surface area (Å²) in [5.74, 6) is -1.16. The molecule has 0 heterocycles. The lowest BCUT2D eigenvalue weighted by Gasteiger charge is -2.32. The molecule has 0 saturated carbocycles. The number of rotatable bonds is 10. The second-order valence-electron chi connectivity index (χ2n) is 15.0. The van der Waals surface area contributed by atoms with E-state index in [4.69, 9.17) is 19.2 Å². The second-order valence-corrected chi connectivity index (χ2v) is 18.1. The van der Waals surface area contributed by atoms with Crippen LogP contribution in [0.15, 0.2) is 131 Å². The first-order valence-electron chi connectivity index (χ1n) is 18.2. The number of phenolic OH excluding ortho intramolecular Hbond substituents is 4. The maximum Gasteiger partial charge on any atom is 0.426 e. The molecule has 0 fully saturated rings. The molecule has 7 rings (SSSR count). The Morgan fingerprint density at radius 3 is 1.20 bits per heavy atom. The number of nitrogens with zero attached hydrogens (tertiary/aromatic N) is 4. The van der Waals surface area contributed by atoms with Gasteiger partial charge in [0.25, 0.3) is 0 Å². The van der Waals surface area contributed by atoms with Gasteiger partial charge in [-0.3, -0.25) is 0 Å². The van der Waals surface area contributed by atoms with Gasteiger partial charge >= 0.3 is 31.6 Å². The van der Waals surface area contributed by atoms with E-state index in [-0.39, 0.29) is 65.7 Å². The summed E-state index contributed by atoms with van der Waals surface area (Å²) in [7, 11) is -8.80. The van der Waals surface area contributed by atoms with Crippen molar-refractivity contribution in [2.75, 3.05) is 0 Å². The van der Waals surface area contributed by atoms with Gasteiger partial charge in [0, 0.05) is 61.7 Å². The van der Waals surface area contributed by atoms with Gasteiger partial charge in [0.1, 0.15) is 32.8 Å². The summed E-state index contributed by atoms with van der Waals surface area (Å²) < 4.78 is 64.7. The molecule has 7 aromatic rings. The van der Waals surface area contributed by atoms with Crippen LogP contribution in [0.4, 0.5) is 11.4 Å². The summed E-state index contributed by atoms with van der Waals surface area (Å²) in [6.07, 6.45) is 0. The molecule has 0 saturated heterocycles. The van der Waals surface area contributed by atoms with Gasteiger partial charge in [0.2, 0.25) is 22.3 Å². The van der Waals surface area contributed by atoms with Crippen molar-refractivity contribution in [3.05, 3.63) is 154 Å². The van der Waals surface area contributed by atoms with Gasteiger partial charge in [-0.05, 0) is 65.7 Å². The van der Waals surface area contributed by atoms with Gasteiger partial charge in [0.05, 0.1) is 0 Å². The van der Waals surface area contributed by atoms with E-state index in [1.54, 1.807) is 30.3 Å². The maximum atomic E-state index is 13.4. The first-order valence-corrected chi connectivity index (χ1v) is 21.0. The molecular weight excluding hydrogens is 809 g/mol. The maximum absolute atomic E-state index is 13.4. The van der Waals surface area contributed by atoms with E-state index in [9.17, 15) is 37.3 Å². The van der Waals surface area contributed by atoms with Crippen LogP contribution in [0.5, 0.6) is 34.5 Å². The van der Waals surface area contributed by atoms with Crippen molar-refractivity contribution in [2.45, 2.75) is 48.3 Å². The first kappa shape index (κ1) is 40.8. The summed E-state index contributed by atoms with van der Waals surface area (Å²) in [6.45, 7) is 7.40. The zero-order chi connectivity index (χ0) is 43.4. The predicted molar refractivity (Wildman–Crippen MR) is 223 cm³/mol. The Kier molecular flexibility index (Phi) is 10.0. The summed E-state index contributed by atoms with van der Waals surface area (Å²) in [5.41, 5.74) is 0.175. The molecule has 60 heavy (non-hydrogen) atoms. The fraction of sp³-hybridized carbons (Fsp3) is 0.136. The molecule has 0 aromatic heterocycles. The van der Waals surface area contributed by atoms with E-state index in [2.05, 4.69) is 9.95 Å².